The second-order valence-electron chi connectivity index (χ2n) is 9.11. The van der Waals surface area contributed by atoms with Gasteiger partial charge in [0.05, 0.1) is 30.9 Å². The van der Waals surface area contributed by atoms with Crippen molar-refractivity contribution in [3.63, 3.8) is 0 Å². The lowest BCUT2D eigenvalue weighted by Crippen LogP contribution is -2.41. The lowest BCUT2D eigenvalue weighted by molar-refractivity contribution is -0.173. The summed E-state index contributed by atoms with van der Waals surface area (Å²) in [5.41, 5.74) is 1.88. The van der Waals surface area contributed by atoms with E-state index in [0.29, 0.717) is 36.3 Å². The van der Waals surface area contributed by atoms with E-state index in [4.69, 9.17) is 4.74 Å². The molecule has 1 aromatic carbocycles. The van der Waals surface area contributed by atoms with Crippen LogP contribution in [0.2, 0.25) is 0 Å². The summed E-state index contributed by atoms with van der Waals surface area (Å²) < 4.78 is 42.4. The average molecular weight is 488 g/mol. The second-order valence-corrected chi connectivity index (χ2v) is 9.11. The van der Waals surface area contributed by atoms with Crippen LogP contribution in [0, 0.1) is 11.8 Å². The first kappa shape index (κ1) is 29.3. The Labute approximate surface area is 199 Å². The van der Waals surface area contributed by atoms with Gasteiger partial charge in [0.15, 0.2) is 0 Å². The van der Waals surface area contributed by atoms with Gasteiger partial charge in [0.25, 0.3) is 0 Å². The Bertz CT molecular complexity index is 831. The van der Waals surface area contributed by atoms with Gasteiger partial charge in [-0.15, -0.1) is 0 Å². The van der Waals surface area contributed by atoms with Gasteiger partial charge in [0.2, 0.25) is 5.91 Å². The number of ether oxygens (including phenoxy) is 1. The van der Waals surface area contributed by atoms with E-state index in [1.165, 1.54) is 0 Å². The molecular formula is C24H36F3N3O4. The van der Waals surface area contributed by atoms with Crippen molar-refractivity contribution in [1.82, 2.24) is 5.32 Å². The van der Waals surface area contributed by atoms with Crippen LogP contribution in [0.4, 0.5) is 24.5 Å². The predicted octanol–water partition coefficient (Wildman–Crippen LogP) is 4.48. The Morgan fingerprint density at radius 1 is 1.03 bits per heavy atom. The monoisotopic (exact) mass is 487 g/mol. The molecule has 0 radical (unpaired) electrons. The molecule has 1 rings (SSSR count). The Hall–Kier alpha value is -2.78. The third-order valence-corrected chi connectivity index (χ3v) is 4.82. The number of benzene rings is 1. The van der Waals surface area contributed by atoms with Gasteiger partial charge in [-0.3, -0.25) is 14.4 Å². The molecule has 10 heteroatoms. The van der Waals surface area contributed by atoms with Crippen molar-refractivity contribution in [2.75, 3.05) is 36.5 Å². The first-order chi connectivity index (χ1) is 15.7. The highest BCUT2D eigenvalue weighted by atomic mass is 19.4. The second kappa shape index (κ2) is 13.2. The molecule has 0 aliphatic heterocycles. The lowest BCUT2D eigenvalue weighted by Gasteiger charge is -2.31. The molecule has 34 heavy (non-hydrogen) atoms. The van der Waals surface area contributed by atoms with Gasteiger partial charge in [0, 0.05) is 13.1 Å². The van der Waals surface area contributed by atoms with Crippen LogP contribution in [0.25, 0.3) is 0 Å². The zero-order valence-electron chi connectivity index (χ0n) is 20.7. The normalized spacial score (nSPS) is 12.4. The zero-order valence-corrected chi connectivity index (χ0v) is 20.7. The zero-order chi connectivity index (χ0) is 26.1. The quantitative estimate of drug-likeness (QED) is 0.425. The summed E-state index contributed by atoms with van der Waals surface area (Å²) in [5, 5.41) is 4.22. The first-order valence-corrected chi connectivity index (χ1v) is 11.4. The van der Waals surface area contributed by atoms with Crippen LogP contribution in [-0.4, -0.2) is 50.2 Å². The summed E-state index contributed by atoms with van der Waals surface area (Å²) in [4.78, 5) is 37.5. The van der Waals surface area contributed by atoms with E-state index < -0.39 is 24.5 Å². The molecule has 0 aromatic heterocycles. The smallest absolute Gasteiger partial charge is 0.466 e. The number of nitrogens with zero attached hydrogens (tertiary/aromatic N) is 1. The number of rotatable bonds is 12. The van der Waals surface area contributed by atoms with Crippen LogP contribution < -0.4 is 15.5 Å². The topological polar surface area (TPSA) is 87.7 Å². The molecule has 2 N–H and O–H groups in total. The van der Waals surface area contributed by atoms with E-state index in [2.05, 4.69) is 37.9 Å². The van der Waals surface area contributed by atoms with E-state index in [1.54, 1.807) is 18.3 Å². The van der Waals surface area contributed by atoms with Crippen molar-refractivity contribution in [2.24, 2.45) is 11.8 Å². The van der Waals surface area contributed by atoms with Crippen molar-refractivity contribution in [1.29, 1.82) is 0 Å². The maximum Gasteiger partial charge on any atom is 0.471 e. The highest BCUT2D eigenvalue weighted by Gasteiger charge is 2.38. The van der Waals surface area contributed by atoms with E-state index in [9.17, 15) is 27.6 Å². The molecule has 2 amide bonds. The molecule has 0 aliphatic rings. The third kappa shape index (κ3) is 10.0. The number of anilines is 2. The highest BCUT2D eigenvalue weighted by molar-refractivity contribution is 5.98. The molecule has 1 unspecified atom stereocenters. The summed E-state index contributed by atoms with van der Waals surface area (Å²) in [6, 6.07) is 5.43. The summed E-state index contributed by atoms with van der Waals surface area (Å²) in [5.74, 6) is -2.89. The van der Waals surface area contributed by atoms with Crippen LogP contribution in [-0.2, 0) is 19.1 Å². The van der Waals surface area contributed by atoms with Gasteiger partial charge in [-0.1, -0.05) is 40.7 Å². The lowest BCUT2D eigenvalue weighted by atomic mass is 9.96. The maximum atomic E-state index is 12.5. The van der Waals surface area contributed by atoms with Crippen molar-refractivity contribution in [2.45, 2.75) is 60.1 Å². The predicted molar refractivity (Wildman–Crippen MR) is 126 cm³/mol. The Morgan fingerprint density at radius 3 is 2.12 bits per heavy atom. The number of carbonyl (C=O) groups excluding carboxylic acids is 3. The maximum absolute atomic E-state index is 12.5. The number of amides is 2. The standard InChI is InChI=1S/C24H36F3N3O4/c1-7-34-22(32)10-17(6)18-8-9-20(30(13-15(2)3)14-16(4)5)19(11-18)29-21(31)12-28-23(33)24(25,26)27/h8-9,11,15-17H,7,10,12-14H2,1-6H3,(H,28,33)(H,29,31). The van der Waals surface area contributed by atoms with E-state index in [1.807, 2.05) is 19.1 Å². The van der Waals surface area contributed by atoms with E-state index in [0.717, 1.165) is 5.56 Å². The van der Waals surface area contributed by atoms with Crippen LogP contribution in [0.5, 0.6) is 0 Å². The molecule has 1 aromatic rings. The summed E-state index contributed by atoms with van der Waals surface area (Å²) >= 11 is 0. The highest BCUT2D eigenvalue weighted by Crippen LogP contribution is 2.32. The molecule has 0 aliphatic carbocycles. The molecule has 1 atom stereocenters. The molecule has 0 spiro atoms. The van der Waals surface area contributed by atoms with E-state index in [-0.39, 0.29) is 24.9 Å². The molecule has 7 nitrogen and oxygen atoms in total. The van der Waals surface area contributed by atoms with Gasteiger partial charge in [0.1, 0.15) is 0 Å². The Kier molecular flexibility index (Phi) is 11.4. The minimum atomic E-state index is -5.07. The fourth-order valence-electron chi connectivity index (χ4n) is 3.43. The van der Waals surface area contributed by atoms with Crippen LogP contribution in [0.3, 0.4) is 0 Å². The van der Waals surface area contributed by atoms with Crippen molar-refractivity contribution in [3.8, 4) is 0 Å². The molecule has 0 fully saturated rings. The third-order valence-electron chi connectivity index (χ3n) is 4.82. The number of carbonyl (C=O) groups is 3. The summed E-state index contributed by atoms with van der Waals surface area (Å²) in [7, 11) is 0. The van der Waals surface area contributed by atoms with Gasteiger partial charge in [-0.2, -0.15) is 13.2 Å². The van der Waals surface area contributed by atoms with Crippen molar-refractivity contribution >= 4 is 29.2 Å². The minimum Gasteiger partial charge on any atom is -0.466 e. The number of halogens is 3. The number of esters is 1. The fourth-order valence-corrected chi connectivity index (χ4v) is 3.43. The first-order valence-electron chi connectivity index (χ1n) is 11.4. The minimum absolute atomic E-state index is 0.143. The van der Waals surface area contributed by atoms with Gasteiger partial charge < -0.3 is 20.3 Å². The molecule has 0 saturated carbocycles. The van der Waals surface area contributed by atoms with Crippen molar-refractivity contribution in [3.05, 3.63) is 23.8 Å². The fraction of sp³-hybridized carbons (Fsp3) is 0.625. The molecule has 192 valence electrons. The van der Waals surface area contributed by atoms with Crippen LogP contribution >= 0.6 is 0 Å². The number of nitrogens with one attached hydrogen (secondary N) is 2. The summed E-state index contributed by atoms with van der Waals surface area (Å²) in [6.07, 6.45) is -4.93. The largest absolute Gasteiger partial charge is 0.471 e. The van der Waals surface area contributed by atoms with Crippen molar-refractivity contribution < 1.29 is 32.3 Å². The molecular weight excluding hydrogens is 451 g/mol. The number of alkyl halides is 3. The molecule has 0 saturated heterocycles. The molecule has 0 bridgehead atoms. The van der Waals surface area contributed by atoms with Gasteiger partial charge >= 0.3 is 18.1 Å². The number of hydrogen-bond acceptors (Lipinski definition) is 5. The Morgan fingerprint density at radius 2 is 1.62 bits per heavy atom. The van der Waals surface area contributed by atoms with Gasteiger partial charge in [-0.05, 0) is 42.4 Å². The molecule has 0 heterocycles. The Balaban J connectivity index is 3.24. The summed E-state index contributed by atoms with van der Waals surface area (Å²) in [6.45, 7) is 12.7. The van der Waals surface area contributed by atoms with Crippen LogP contribution in [0.15, 0.2) is 18.2 Å². The van der Waals surface area contributed by atoms with Gasteiger partial charge in [-0.25, -0.2) is 0 Å². The number of hydrogen-bond donors (Lipinski definition) is 2. The van der Waals surface area contributed by atoms with Crippen LogP contribution in [0.1, 0.15) is 59.4 Å². The van der Waals surface area contributed by atoms with E-state index >= 15 is 0 Å². The SMILES string of the molecule is CCOC(=O)CC(C)c1ccc(N(CC(C)C)CC(C)C)c(NC(=O)CNC(=O)C(F)(F)F)c1. The average Bonchev–Trinajstić information content (AvgIpc) is 2.70.